The van der Waals surface area contributed by atoms with E-state index in [4.69, 9.17) is 4.74 Å². The van der Waals surface area contributed by atoms with Crippen LogP contribution in [0.1, 0.15) is 52.6 Å². The van der Waals surface area contributed by atoms with Crippen molar-refractivity contribution in [1.29, 1.82) is 0 Å². The van der Waals surface area contributed by atoms with E-state index in [-0.39, 0.29) is 34.7 Å². The first kappa shape index (κ1) is 17.0. The molecule has 0 aliphatic heterocycles. The summed E-state index contributed by atoms with van der Waals surface area (Å²) in [6.07, 6.45) is 3.00. The topological polar surface area (TPSA) is 77.5 Å². The number of esters is 1. The number of carbonyl (C=O) groups is 4. The largest absolute Gasteiger partial charge is 0.461 e. The van der Waals surface area contributed by atoms with Crippen molar-refractivity contribution < 1.29 is 23.9 Å². The fourth-order valence-corrected chi connectivity index (χ4v) is 3.38. The number of carbonyl (C=O) groups excluding carboxylic acids is 4. The Kier molecular flexibility index (Phi) is 3.82. The molecule has 0 amide bonds. The molecular weight excluding hydrogens is 320 g/mol. The van der Waals surface area contributed by atoms with E-state index in [2.05, 4.69) is 0 Å². The highest BCUT2D eigenvalue weighted by molar-refractivity contribution is 6.39. The number of hydrogen-bond donors (Lipinski definition) is 0. The Morgan fingerprint density at radius 1 is 1.08 bits per heavy atom. The number of fused-ring (bicyclic) bond motifs is 1. The minimum absolute atomic E-state index is 0.0438. The van der Waals surface area contributed by atoms with Crippen LogP contribution in [0.2, 0.25) is 0 Å². The van der Waals surface area contributed by atoms with Crippen molar-refractivity contribution in [2.75, 3.05) is 0 Å². The summed E-state index contributed by atoms with van der Waals surface area (Å²) in [6, 6.07) is 3.38. The lowest BCUT2D eigenvalue weighted by Crippen LogP contribution is -2.36. The summed E-state index contributed by atoms with van der Waals surface area (Å²) < 4.78 is 5.03. The van der Waals surface area contributed by atoms with Crippen molar-refractivity contribution in [1.82, 2.24) is 0 Å². The average Bonchev–Trinajstić information content (AvgIpc) is 2.53. The number of ketones is 3. The third-order valence-electron chi connectivity index (χ3n) is 4.63. The lowest BCUT2D eigenvalue weighted by atomic mass is 9.67. The monoisotopic (exact) mass is 338 g/mol. The van der Waals surface area contributed by atoms with Crippen LogP contribution < -0.4 is 0 Å². The van der Waals surface area contributed by atoms with Crippen molar-refractivity contribution >= 4 is 23.3 Å². The fraction of sp³-hybridized carbons (Fsp3) is 0.300. The number of Topliss-reactive ketones (excluding diaryl/α,β-unsaturated/α-hetero) is 2. The second kappa shape index (κ2) is 5.62. The molecule has 0 fully saturated rings. The number of benzene rings is 1. The SMILES string of the molecule is CC(=O)OCc1ccc(C)c2c1C(=O)C1=C(C(=O)C=CC1(C)C)C2=O. The third kappa shape index (κ3) is 2.56. The molecule has 5 heteroatoms. The number of hydrogen-bond acceptors (Lipinski definition) is 5. The number of rotatable bonds is 2. The van der Waals surface area contributed by atoms with Crippen molar-refractivity contribution in [2.24, 2.45) is 5.41 Å². The Hall–Kier alpha value is -2.82. The number of ether oxygens (including phenoxy) is 1. The van der Waals surface area contributed by atoms with Crippen LogP contribution in [0.4, 0.5) is 0 Å². The summed E-state index contributed by atoms with van der Waals surface area (Å²) in [5.41, 5.74) is 1.000. The standard InChI is InChI=1S/C20H18O5/c1-10-5-6-12(9-25-11(2)21)15-14(10)18(23)16-13(22)7-8-20(3,4)17(16)19(15)24/h5-8H,9H2,1-4H3. The summed E-state index contributed by atoms with van der Waals surface area (Å²) >= 11 is 0. The highest BCUT2D eigenvalue weighted by atomic mass is 16.5. The third-order valence-corrected chi connectivity index (χ3v) is 4.63. The predicted octanol–water partition coefficient (Wildman–Crippen LogP) is 2.90. The van der Waals surface area contributed by atoms with Gasteiger partial charge < -0.3 is 4.74 Å². The quantitative estimate of drug-likeness (QED) is 0.612. The second-order valence-corrected chi connectivity index (χ2v) is 6.90. The molecule has 0 saturated heterocycles. The highest BCUT2D eigenvalue weighted by Gasteiger charge is 2.44. The van der Waals surface area contributed by atoms with E-state index in [1.165, 1.54) is 13.0 Å². The summed E-state index contributed by atoms with van der Waals surface area (Å²) in [7, 11) is 0. The molecule has 0 spiro atoms. The van der Waals surface area contributed by atoms with Crippen LogP contribution in [-0.2, 0) is 20.9 Å². The van der Waals surface area contributed by atoms with Crippen molar-refractivity contribution in [3.63, 3.8) is 0 Å². The first-order valence-electron chi connectivity index (χ1n) is 7.98. The highest BCUT2D eigenvalue weighted by Crippen LogP contribution is 2.42. The molecule has 0 aromatic heterocycles. The summed E-state index contributed by atoms with van der Waals surface area (Å²) in [6.45, 7) is 6.50. The van der Waals surface area contributed by atoms with E-state index in [9.17, 15) is 19.2 Å². The second-order valence-electron chi connectivity index (χ2n) is 6.90. The van der Waals surface area contributed by atoms with Crippen molar-refractivity contribution in [2.45, 2.75) is 34.3 Å². The average molecular weight is 338 g/mol. The van der Waals surface area contributed by atoms with Crippen LogP contribution in [0.5, 0.6) is 0 Å². The first-order valence-corrected chi connectivity index (χ1v) is 7.98. The van der Waals surface area contributed by atoms with Gasteiger partial charge in [0.25, 0.3) is 0 Å². The minimum atomic E-state index is -0.726. The predicted molar refractivity (Wildman–Crippen MR) is 90.3 cm³/mol. The van der Waals surface area contributed by atoms with E-state index in [0.29, 0.717) is 11.1 Å². The Balaban J connectivity index is 2.25. The molecule has 2 aliphatic rings. The molecule has 128 valence electrons. The Bertz CT molecular complexity index is 912. The maximum atomic E-state index is 13.2. The molecule has 25 heavy (non-hydrogen) atoms. The van der Waals surface area contributed by atoms with Gasteiger partial charge in [0.1, 0.15) is 6.61 Å². The molecule has 1 aromatic rings. The molecule has 0 unspecified atom stereocenters. The van der Waals surface area contributed by atoms with Gasteiger partial charge in [0.2, 0.25) is 0 Å². The van der Waals surface area contributed by atoms with Gasteiger partial charge in [-0.25, -0.2) is 0 Å². The summed E-state index contributed by atoms with van der Waals surface area (Å²) in [4.78, 5) is 49.7. The van der Waals surface area contributed by atoms with Gasteiger partial charge in [-0.05, 0) is 18.6 Å². The summed E-state index contributed by atoms with van der Waals surface area (Å²) in [5, 5.41) is 0. The molecule has 2 aliphatic carbocycles. The van der Waals surface area contributed by atoms with Crippen molar-refractivity contribution in [3.05, 3.63) is 57.7 Å². The zero-order valence-corrected chi connectivity index (χ0v) is 14.6. The Morgan fingerprint density at radius 3 is 2.40 bits per heavy atom. The van der Waals surface area contributed by atoms with Crippen LogP contribution in [0.25, 0.3) is 0 Å². The smallest absolute Gasteiger partial charge is 0.302 e. The molecule has 0 heterocycles. The van der Waals surface area contributed by atoms with E-state index in [1.54, 1.807) is 39.0 Å². The van der Waals surface area contributed by atoms with Gasteiger partial charge in [-0.2, -0.15) is 0 Å². The Labute approximate surface area is 145 Å². The molecule has 0 saturated carbocycles. The van der Waals surface area contributed by atoms with Crippen LogP contribution in [0, 0.1) is 12.3 Å². The maximum Gasteiger partial charge on any atom is 0.302 e. The van der Waals surface area contributed by atoms with Crippen LogP contribution in [0.15, 0.2) is 35.4 Å². The van der Waals surface area contributed by atoms with Gasteiger partial charge in [-0.15, -0.1) is 0 Å². The van der Waals surface area contributed by atoms with Crippen molar-refractivity contribution in [3.8, 4) is 0 Å². The maximum absolute atomic E-state index is 13.2. The van der Waals surface area contributed by atoms with Gasteiger partial charge in [-0.3, -0.25) is 19.2 Å². The van der Waals surface area contributed by atoms with E-state index < -0.39 is 23.0 Å². The van der Waals surface area contributed by atoms with Crippen LogP contribution >= 0.6 is 0 Å². The lowest BCUT2D eigenvalue weighted by molar-refractivity contribution is -0.142. The zero-order valence-electron chi connectivity index (χ0n) is 14.6. The Morgan fingerprint density at radius 2 is 1.76 bits per heavy atom. The van der Waals surface area contributed by atoms with Gasteiger partial charge in [0.05, 0.1) is 5.57 Å². The molecule has 1 aromatic carbocycles. The van der Waals surface area contributed by atoms with E-state index in [1.807, 2.05) is 0 Å². The first-order chi connectivity index (χ1) is 11.6. The van der Waals surface area contributed by atoms with Crippen LogP contribution in [0.3, 0.4) is 0 Å². The molecule has 0 N–H and O–H groups in total. The lowest BCUT2D eigenvalue weighted by Gasteiger charge is -2.33. The van der Waals surface area contributed by atoms with Gasteiger partial charge in [0, 0.05) is 34.6 Å². The fourth-order valence-electron chi connectivity index (χ4n) is 3.38. The minimum Gasteiger partial charge on any atom is -0.461 e. The molecule has 3 rings (SSSR count). The number of aryl methyl sites for hydroxylation is 1. The molecule has 0 radical (unpaired) electrons. The van der Waals surface area contributed by atoms with E-state index in [0.717, 1.165) is 0 Å². The molecule has 5 nitrogen and oxygen atoms in total. The van der Waals surface area contributed by atoms with E-state index >= 15 is 0 Å². The molecular formula is C20H18O5. The van der Waals surface area contributed by atoms with Gasteiger partial charge in [-0.1, -0.05) is 32.1 Å². The molecule has 0 atom stereocenters. The van der Waals surface area contributed by atoms with Gasteiger partial charge >= 0.3 is 5.97 Å². The molecule has 0 bridgehead atoms. The zero-order chi connectivity index (χ0) is 18.5. The number of allylic oxidation sites excluding steroid dienone is 4. The van der Waals surface area contributed by atoms with Gasteiger partial charge in [0.15, 0.2) is 17.3 Å². The summed E-state index contributed by atoms with van der Waals surface area (Å²) in [5.74, 6) is -1.70. The normalized spacial score (nSPS) is 18.2. The van der Waals surface area contributed by atoms with Crippen LogP contribution in [-0.4, -0.2) is 23.3 Å².